The topological polar surface area (TPSA) is 84.3 Å². The van der Waals surface area contributed by atoms with Gasteiger partial charge in [0.15, 0.2) is 10.9 Å². The molecule has 0 aliphatic carbocycles. The number of halogens is 1. The van der Waals surface area contributed by atoms with Gasteiger partial charge in [0.25, 0.3) is 0 Å². The van der Waals surface area contributed by atoms with E-state index in [1.165, 1.54) is 25.1 Å². The van der Waals surface area contributed by atoms with E-state index in [4.69, 9.17) is 21.4 Å². The summed E-state index contributed by atoms with van der Waals surface area (Å²) >= 11 is 7.54. The van der Waals surface area contributed by atoms with E-state index in [0.717, 1.165) is 16.7 Å². The molecule has 2 aromatic carbocycles. The Kier molecular flexibility index (Phi) is 6.06. The van der Waals surface area contributed by atoms with Crippen LogP contribution in [-0.2, 0) is 0 Å². The van der Waals surface area contributed by atoms with Crippen LogP contribution in [0.25, 0.3) is 11.3 Å². The number of aryl methyl sites for hydroxylation is 2. The molecule has 144 valence electrons. The molecule has 0 spiro atoms. The summed E-state index contributed by atoms with van der Waals surface area (Å²) in [4.78, 5) is 20.7. The van der Waals surface area contributed by atoms with Crippen LogP contribution in [0.5, 0.6) is 5.75 Å². The number of aromatic nitrogens is 2. The summed E-state index contributed by atoms with van der Waals surface area (Å²) in [5, 5.41) is 9.31. The van der Waals surface area contributed by atoms with Gasteiger partial charge in [-0.1, -0.05) is 35.9 Å². The SMILES string of the molecule is COc1c(Cl)nc(NSc2cccc(C(=O)O)c2)nc1-c1c(C)cccc1C. The lowest BCUT2D eigenvalue weighted by Crippen LogP contribution is -2.02. The fourth-order valence-corrected chi connectivity index (χ4v) is 3.68. The number of benzene rings is 2. The summed E-state index contributed by atoms with van der Waals surface area (Å²) in [6.45, 7) is 3.99. The van der Waals surface area contributed by atoms with Crippen molar-refractivity contribution in [3.8, 4) is 17.0 Å². The minimum atomic E-state index is -0.983. The first-order chi connectivity index (χ1) is 13.4. The monoisotopic (exact) mass is 415 g/mol. The van der Waals surface area contributed by atoms with Gasteiger partial charge in [0.05, 0.1) is 12.7 Å². The highest BCUT2D eigenvalue weighted by Gasteiger charge is 2.19. The second kappa shape index (κ2) is 8.50. The van der Waals surface area contributed by atoms with Crippen molar-refractivity contribution < 1.29 is 14.6 Å². The second-order valence-electron chi connectivity index (χ2n) is 6.02. The van der Waals surface area contributed by atoms with E-state index in [9.17, 15) is 4.79 Å². The Morgan fingerprint density at radius 1 is 1.14 bits per heavy atom. The third kappa shape index (κ3) is 4.21. The standard InChI is InChI=1S/C20H18ClN3O3S/c1-11-6-4-7-12(2)15(11)16-17(27-3)18(21)23-20(22-16)24-28-14-9-5-8-13(10-14)19(25)26/h4-10H,1-3H3,(H,25,26)(H,22,23,24). The molecule has 8 heteroatoms. The van der Waals surface area contributed by atoms with Crippen molar-refractivity contribution >= 4 is 35.5 Å². The van der Waals surface area contributed by atoms with Crippen molar-refractivity contribution in [3.05, 3.63) is 64.3 Å². The Morgan fingerprint density at radius 2 is 1.82 bits per heavy atom. The van der Waals surface area contributed by atoms with E-state index in [1.54, 1.807) is 18.2 Å². The quantitative estimate of drug-likeness (QED) is 0.420. The van der Waals surface area contributed by atoms with Gasteiger partial charge in [-0.15, -0.1) is 0 Å². The van der Waals surface area contributed by atoms with Gasteiger partial charge in [-0.2, -0.15) is 4.98 Å². The summed E-state index contributed by atoms with van der Waals surface area (Å²) in [6, 6.07) is 12.5. The first-order valence-electron chi connectivity index (χ1n) is 8.35. The predicted octanol–water partition coefficient (Wildman–Crippen LogP) is 5.24. The zero-order valence-electron chi connectivity index (χ0n) is 15.5. The van der Waals surface area contributed by atoms with Crippen LogP contribution in [0.4, 0.5) is 5.95 Å². The van der Waals surface area contributed by atoms with Gasteiger partial charge in [0.1, 0.15) is 5.69 Å². The van der Waals surface area contributed by atoms with E-state index in [2.05, 4.69) is 14.7 Å². The number of carboxylic acids is 1. The Bertz CT molecular complexity index is 1020. The lowest BCUT2D eigenvalue weighted by Gasteiger charge is -2.15. The van der Waals surface area contributed by atoms with Crippen LogP contribution in [0.3, 0.4) is 0 Å². The van der Waals surface area contributed by atoms with Gasteiger partial charge >= 0.3 is 5.97 Å². The van der Waals surface area contributed by atoms with Gasteiger partial charge in [0, 0.05) is 10.5 Å². The van der Waals surface area contributed by atoms with Gasteiger partial charge < -0.3 is 9.84 Å². The van der Waals surface area contributed by atoms with Crippen molar-refractivity contribution in [1.82, 2.24) is 9.97 Å². The molecule has 28 heavy (non-hydrogen) atoms. The van der Waals surface area contributed by atoms with Gasteiger partial charge in [-0.25, -0.2) is 9.78 Å². The van der Waals surface area contributed by atoms with Crippen molar-refractivity contribution in [2.45, 2.75) is 18.7 Å². The maximum atomic E-state index is 11.1. The first-order valence-corrected chi connectivity index (χ1v) is 9.54. The number of nitrogens with one attached hydrogen (secondary N) is 1. The number of hydrogen-bond acceptors (Lipinski definition) is 6. The molecule has 0 aliphatic rings. The number of aromatic carboxylic acids is 1. The molecule has 3 aromatic rings. The number of nitrogens with zero attached hydrogens (tertiary/aromatic N) is 2. The average molecular weight is 416 g/mol. The highest BCUT2D eigenvalue weighted by atomic mass is 35.5. The van der Waals surface area contributed by atoms with Crippen LogP contribution in [-0.4, -0.2) is 28.2 Å². The third-order valence-electron chi connectivity index (χ3n) is 4.09. The van der Waals surface area contributed by atoms with Crippen LogP contribution in [0, 0.1) is 13.8 Å². The van der Waals surface area contributed by atoms with E-state index in [-0.39, 0.29) is 10.7 Å². The normalized spacial score (nSPS) is 10.6. The first kappa shape index (κ1) is 20.0. The Balaban J connectivity index is 1.96. The van der Waals surface area contributed by atoms with Crippen molar-refractivity contribution in [2.75, 3.05) is 11.8 Å². The molecule has 0 radical (unpaired) electrons. The maximum Gasteiger partial charge on any atom is 0.335 e. The van der Waals surface area contributed by atoms with Crippen LogP contribution in [0.1, 0.15) is 21.5 Å². The van der Waals surface area contributed by atoms with Crippen LogP contribution < -0.4 is 9.46 Å². The summed E-state index contributed by atoms with van der Waals surface area (Å²) in [6.07, 6.45) is 0. The molecule has 1 aromatic heterocycles. The van der Waals surface area contributed by atoms with Gasteiger partial charge in [-0.3, -0.25) is 4.72 Å². The molecule has 0 fully saturated rings. The average Bonchev–Trinajstić information content (AvgIpc) is 2.66. The fourth-order valence-electron chi connectivity index (χ4n) is 2.80. The van der Waals surface area contributed by atoms with Gasteiger partial charge in [0.2, 0.25) is 5.95 Å². The molecule has 0 aliphatic heterocycles. The zero-order valence-corrected chi connectivity index (χ0v) is 17.1. The second-order valence-corrected chi connectivity index (χ2v) is 7.26. The summed E-state index contributed by atoms with van der Waals surface area (Å²) in [5.41, 5.74) is 3.82. The molecule has 0 bridgehead atoms. The Hall–Kier alpha value is -2.77. The van der Waals surface area contributed by atoms with Crippen LogP contribution >= 0.6 is 23.5 Å². The number of carbonyl (C=O) groups is 1. The van der Waals surface area contributed by atoms with E-state index < -0.39 is 5.97 Å². The summed E-state index contributed by atoms with van der Waals surface area (Å²) in [7, 11) is 1.53. The molecular formula is C20H18ClN3O3S. The van der Waals surface area contributed by atoms with E-state index >= 15 is 0 Å². The highest BCUT2D eigenvalue weighted by molar-refractivity contribution is 8.00. The number of ether oxygens (including phenoxy) is 1. The minimum Gasteiger partial charge on any atom is -0.491 e. The number of anilines is 1. The van der Waals surface area contributed by atoms with Crippen molar-refractivity contribution in [3.63, 3.8) is 0 Å². The lowest BCUT2D eigenvalue weighted by atomic mass is 9.99. The minimum absolute atomic E-state index is 0.192. The van der Waals surface area contributed by atoms with Crippen LogP contribution in [0.15, 0.2) is 47.4 Å². The van der Waals surface area contributed by atoms with Crippen molar-refractivity contribution in [1.29, 1.82) is 0 Å². The van der Waals surface area contributed by atoms with Crippen molar-refractivity contribution in [2.24, 2.45) is 0 Å². The van der Waals surface area contributed by atoms with Crippen LogP contribution in [0.2, 0.25) is 5.15 Å². The Labute approximate surface area is 172 Å². The maximum absolute atomic E-state index is 11.1. The molecular weight excluding hydrogens is 398 g/mol. The smallest absolute Gasteiger partial charge is 0.335 e. The number of carboxylic acid groups (broad SMARTS) is 1. The van der Waals surface area contributed by atoms with Gasteiger partial charge in [-0.05, 0) is 55.1 Å². The number of hydrogen-bond donors (Lipinski definition) is 2. The van der Waals surface area contributed by atoms with E-state index in [0.29, 0.717) is 22.3 Å². The predicted molar refractivity (Wildman–Crippen MR) is 111 cm³/mol. The summed E-state index contributed by atoms with van der Waals surface area (Å²) < 4.78 is 8.47. The largest absolute Gasteiger partial charge is 0.491 e. The highest BCUT2D eigenvalue weighted by Crippen LogP contribution is 2.38. The number of methoxy groups -OCH3 is 1. The van der Waals surface area contributed by atoms with E-state index in [1.807, 2.05) is 32.0 Å². The molecule has 0 saturated carbocycles. The number of rotatable bonds is 6. The zero-order chi connectivity index (χ0) is 20.3. The molecule has 1 heterocycles. The molecule has 3 rings (SSSR count). The lowest BCUT2D eigenvalue weighted by molar-refractivity contribution is 0.0696. The molecule has 2 N–H and O–H groups in total. The molecule has 0 atom stereocenters. The molecule has 0 amide bonds. The fraction of sp³-hybridized carbons (Fsp3) is 0.150. The summed E-state index contributed by atoms with van der Waals surface area (Å²) in [5.74, 6) is -0.278. The molecule has 0 saturated heterocycles. The Morgan fingerprint density at radius 3 is 2.46 bits per heavy atom. The molecule has 6 nitrogen and oxygen atoms in total. The third-order valence-corrected chi connectivity index (χ3v) is 5.12. The molecule has 0 unspecified atom stereocenters.